The predicted octanol–water partition coefficient (Wildman–Crippen LogP) is 2.48. The van der Waals surface area contributed by atoms with Crippen molar-refractivity contribution in [1.29, 1.82) is 0 Å². The molecular formula is C11H15Cl2NO2. The van der Waals surface area contributed by atoms with Gasteiger partial charge in [0.25, 0.3) is 0 Å². The van der Waals surface area contributed by atoms with Crippen LogP contribution in [0, 0.1) is 0 Å². The van der Waals surface area contributed by atoms with Gasteiger partial charge in [-0.2, -0.15) is 0 Å². The van der Waals surface area contributed by atoms with Crippen LogP contribution in [0.15, 0.2) is 18.2 Å². The van der Waals surface area contributed by atoms with Gasteiger partial charge in [0.15, 0.2) is 6.29 Å². The second-order valence-electron chi connectivity index (χ2n) is 3.41. The number of ether oxygens (including phenoxy) is 2. The largest absolute Gasteiger partial charge is 0.354 e. The van der Waals surface area contributed by atoms with E-state index in [2.05, 4.69) is 0 Å². The Morgan fingerprint density at radius 2 is 1.69 bits per heavy atom. The first kappa shape index (κ1) is 13.7. The average molecular weight is 264 g/mol. The number of hydrogen-bond donors (Lipinski definition) is 1. The summed E-state index contributed by atoms with van der Waals surface area (Å²) in [6.45, 7) is 0. The molecule has 0 aliphatic heterocycles. The molecule has 0 fully saturated rings. The number of nitrogens with two attached hydrogens (primary N) is 1. The third-order valence-electron chi connectivity index (χ3n) is 2.32. The summed E-state index contributed by atoms with van der Waals surface area (Å²) in [4.78, 5) is 0. The van der Waals surface area contributed by atoms with E-state index in [9.17, 15) is 0 Å². The predicted molar refractivity (Wildman–Crippen MR) is 65.9 cm³/mol. The highest BCUT2D eigenvalue weighted by atomic mass is 35.5. The lowest BCUT2D eigenvalue weighted by atomic mass is 10.1. The van der Waals surface area contributed by atoms with E-state index >= 15 is 0 Å². The van der Waals surface area contributed by atoms with Gasteiger partial charge in [-0.3, -0.25) is 0 Å². The first-order valence-corrected chi connectivity index (χ1v) is 5.59. The van der Waals surface area contributed by atoms with Crippen LogP contribution in [-0.2, 0) is 15.9 Å². The highest BCUT2D eigenvalue weighted by Crippen LogP contribution is 2.25. The molecule has 0 aliphatic carbocycles. The van der Waals surface area contributed by atoms with Crippen LogP contribution in [0.3, 0.4) is 0 Å². The maximum Gasteiger partial charge on any atom is 0.172 e. The van der Waals surface area contributed by atoms with Gasteiger partial charge in [-0.15, -0.1) is 0 Å². The molecule has 1 rings (SSSR count). The molecule has 0 aromatic heterocycles. The smallest absolute Gasteiger partial charge is 0.172 e. The zero-order chi connectivity index (χ0) is 12.1. The third-order valence-corrected chi connectivity index (χ3v) is 3.02. The van der Waals surface area contributed by atoms with Crippen LogP contribution in [0.2, 0.25) is 10.0 Å². The minimum Gasteiger partial charge on any atom is -0.354 e. The van der Waals surface area contributed by atoms with E-state index in [1.54, 1.807) is 32.4 Å². The number of hydrogen-bond acceptors (Lipinski definition) is 3. The van der Waals surface area contributed by atoms with Crippen LogP contribution >= 0.6 is 23.2 Å². The number of halogens is 2. The zero-order valence-corrected chi connectivity index (χ0v) is 10.8. The standard InChI is InChI=1S/C11H15Cl2NO2/c1-15-11(16-2)10(14)6-7-8(12)4-3-5-9(7)13/h3-5,10-11H,6,14H2,1-2H3. The number of methoxy groups -OCH3 is 2. The molecule has 3 nitrogen and oxygen atoms in total. The number of benzene rings is 1. The maximum atomic E-state index is 6.04. The summed E-state index contributed by atoms with van der Waals surface area (Å²) in [7, 11) is 3.09. The van der Waals surface area contributed by atoms with Crippen LogP contribution in [0.25, 0.3) is 0 Å². The van der Waals surface area contributed by atoms with Crippen molar-refractivity contribution in [3.05, 3.63) is 33.8 Å². The van der Waals surface area contributed by atoms with Gasteiger partial charge in [0, 0.05) is 24.3 Å². The Bertz CT molecular complexity index is 323. The van der Waals surface area contributed by atoms with E-state index in [0.29, 0.717) is 16.5 Å². The molecule has 90 valence electrons. The minimum atomic E-state index is -0.465. The van der Waals surface area contributed by atoms with Gasteiger partial charge in [0.05, 0.1) is 6.04 Å². The molecule has 2 N–H and O–H groups in total. The Balaban J connectivity index is 2.80. The molecule has 0 heterocycles. The lowest BCUT2D eigenvalue weighted by Gasteiger charge is -2.21. The molecule has 1 aromatic rings. The second-order valence-corrected chi connectivity index (χ2v) is 4.22. The van der Waals surface area contributed by atoms with Crippen molar-refractivity contribution in [2.45, 2.75) is 18.8 Å². The van der Waals surface area contributed by atoms with Crippen LogP contribution in [0.4, 0.5) is 0 Å². The fourth-order valence-corrected chi connectivity index (χ4v) is 2.06. The monoisotopic (exact) mass is 263 g/mol. The average Bonchev–Trinajstić information content (AvgIpc) is 2.25. The summed E-state index contributed by atoms with van der Waals surface area (Å²) >= 11 is 12.1. The molecule has 1 atom stereocenters. The molecule has 0 radical (unpaired) electrons. The highest BCUT2D eigenvalue weighted by molar-refractivity contribution is 6.35. The SMILES string of the molecule is COC(OC)C(N)Cc1c(Cl)cccc1Cl. The molecular weight excluding hydrogens is 249 g/mol. The van der Waals surface area contributed by atoms with Crippen molar-refractivity contribution in [2.75, 3.05) is 14.2 Å². The molecule has 0 amide bonds. The Kier molecular flexibility index (Phi) is 5.52. The Hall–Kier alpha value is -0.320. The molecule has 0 spiro atoms. The Morgan fingerprint density at radius 3 is 2.12 bits per heavy atom. The summed E-state index contributed by atoms with van der Waals surface area (Å²) in [6.07, 6.45) is 0.0394. The molecule has 16 heavy (non-hydrogen) atoms. The first-order chi connectivity index (χ1) is 7.60. The minimum absolute atomic E-state index is 0.313. The van der Waals surface area contributed by atoms with Gasteiger partial charge in [-0.1, -0.05) is 29.3 Å². The number of rotatable bonds is 5. The zero-order valence-electron chi connectivity index (χ0n) is 9.24. The second kappa shape index (κ2) is 6.42. The van der Waals surface area contributed by atoms with Gasteiger partial charge < -0.3 is 15.2 Å². The Morgan fingerprint density at radius 1 is 1.19 bits per heavy atom. The van der Waals surface area contributed by atoms with Gasteiger partial charge in [0.2, 0.25) is 0 Å². The van der Waals surface area contributed by atoms with Crippen LogP contribution in [-0.4, -0.2) is 26.6 Å². The highest BCUT2D eigenvalue weighted by Gasteiger charge is 2.19. The third kappa shape index (κ3) is 3.34. The lowest BCUT2D eigenvalue weighted by Crippen LogP contribution is -2.39. The quantitative estimate of drug-likeness (QED) is 0.831. The molecule has 0 aliphatic rings. The van der Waals surface area contributed by atoms with Crippen molar-refractivity contribution < 1.29 is 9.47 Å². The maximum absolute atomic E-state index is 6.04. The van der Waals surface area contributed by atoms with Crippen molar-refractivity contribution in [3.8, 4) is 0 Å². The lowest BCUT2D eigenvalue weighted by molar-refractivity contribution is -0.115. The van der Waals surface area contributed by atoms with E-state index in [1.165, 1.54) is 0 Å². The molecule has 1 aromatic carbocycles. The summed E-state index contributed by atoms with van der Waals surface area (Å²) in [6, 6.07) is 5.05. The topological polar surface area (TPSA) is 44.5 Å². The van der Waals surface area contributed by atoms with Gasteiger partial charge in [-0.25, -0.2) is 0 Å². The fraction of sp³-hybridized carbons (Fsp3) is 0.455. The fourth-order valence-electron chi connectivity index (χ4n) is 1.51. The molecule has 5 heteroatoms. The normalized spacial score (nSPS) is 13.1. The molecule has 1 unspecified atom stereocenters. The van der Waals surface area contributed by atoms with E-state index < -0.39 is 6.29 Å². The molecule has 0 saturated carbocycles. The summed E-state index contributed by atoms with van der Waals surface area (Å²) in [5, 5.41) is 1.21. The van der Waals surface area contributed by atoms with Crippen LogP contribution < -0.4 is 5.73 Å². The van der Waals surface area contributed by atoms with Crippen molar-refractivity contribution in [2.24, 2.45) is 5.73 Å². The van der Waals surface area contributed by atoms with Gasteiger partial charge >= 0.3 is 0 Å². The van der Waals surface area contributed by atoms with Crippen molar-refractivity contribution >= 4 is 23.2 Å². The van der Waals surface area contributed by atoms with Crippen molar-refractivity contribution in [3.63, 3.8) is 0 Å². The van der Waals surface area contributed by atoms with Crippen molar-refractivity contribution in [1.82, 2.24) is 0 Å². The van der Waals surface area contributed by atoms with E-state index in [4.69, 9.17) is 38.4 Å². The molecule has 0 bridgehead atoms. The Labute approximate surface area is 105 Å². The van der Waals surface area contributed by atoms with E-state index in [0.717, 1.165) is 5.56 Å². The van der Waals surface area contributed by atoms with Crippen LogP contribution in [0.5, 0.6) is 0 Å². The summed E-state index contributed by atoms with van der Waals surface area (Å²) in [5.41, 5.74) is 6.76. The first-order valence-electron chi connectivity index (χ1n) is 4.84. The molecule has 0 saturated heterocycles. The van der Waals surface area contributed by atoms with Gasteiger partial charge in [-0.05, 0) is 24.1 Å². The van der Waals surface area contributed by atoms with Gasteiger partial charge in [0.1, 0.15) is 0 Å². The van der Waals surface area contributed by atoms with Crippen LogP contribution in [0.1, 0.15) is 5.56 Å². The summed E-state index contributed by atoms with van der Waals surface area (Å²) < 4.78 is 10.2. The van der Waals surface area contributed by atoms with E-state index in [-0.39, 0.29) is 6.04 Å². The summed E-state index contributed by atoms with van der Waals surface area (Å²) in [5.74, 6) is 0. The van der Waals surface area contributed by atoms with E-state index in [1.807, 2.05) is 0 Å².